The molecule has 156 valence electrons. The van der Waals surface area contributed by atoms with E-state index in [-0.39, 0.29) is 24.0 Å². The van der Waals surface area contributed by atoms with Crippen LogP contribution in [0.3, 0.4) is 0 Å². The van der Waals surface area contributed by atoms with E-state index in [1.54, 1.807) is 13.2 Å². The normalized spacial score (nSPS) is 21.3. The Morgan fingerprint density at radius 2 is 2.15 bits per heavy atom. The lowest BCUT2D eigenvalue weighted by molar-refractivity contribution is -0.143. The second kappa shape index (κ2) is 11.1. The predicted octanol–water partition coefficient (Wildman–Crippen LogP) is 2.84. The number of likely N-dealkylation sites (tertiary alicyclic amines) is 1. The van der Waals surface area contributed by atoms with Gasteiger partial charge >= 0.3 is 6.18 Å². The average molecular weight is 502 g/mol. The number of nitrogens with one attached hydrogen (secondary N) is 1. The quantitative estimate of drug-likeness (QED) is 0.282. The van der Waals surface area contributed by atoms with Crippen molar-refractivity contribution < 1.29 is 13.2 Å². The van der Waals surface area contributed by atoms with Crippen LogP contribution in [0.5, 0.6) is 0 Å². The lowest BCUT2D eigenvalue weighted by atomic mass is 9.93. The minimum absolute atomic E-state index is 0. The van der Waals surface area contributed by atoms with E-state index >= 15 is 0 Å². The molecule has 6 nitrogen and oxygen atoms in total. The Bertz CT molecular complexity index is 564. The molecule has 0 aromatic carbocycles. The van der Waals surface area contributed by atoms with Crippen LogP contribution in [0.1, 0.15) is 25.8 Å². The second-order valence-corrected chi connectivity index (χ2v) is 6.97. The van der Waals surface area contributed by atoms with Crippen molar-refractivity contribution in [2.45, 2.75) is 32.0 Å². The van der Waals surface area contributed by atoms with Gasteiger partial charge in [-0.25, -0.2) is 4.98 Å². The van der Waals surface area contributed by atoms with Crippen LogP contribution >= 0.6 is 24.0 Å². The molecule has 1 aromatic rings. The Morgan fingerprint density at radius 1 is 1.41 bits per heavy atom. The predicted molar refractivity (Wildman–Crippen MR) is 112 cm³/mol. The first-order valence-corrected chi connectivity index (χ1v) is 8.98. The maximum Gasteiger partial charge on any atom is 0.401 e. The van der Waals surface area contributed by atoms with Crippen molar-refractivity contribution in [2.24, 2.45) is 10.9 Å². The van der Waals surface area contributed by atoms with E-state index in [9.17, 15) is 13.2 Å². The molecule has 1 fully saturated rings. The first kappa shape index (κ1) is 24.0. The molecular formula is C17H30F3IN6. The summed E-state index contributed by atoms with van der Waals surface area (Å²) in [5.41, 5.74) is 0. The van der Waals surface area contributed by atoms with E-state index in [0.29, 0.717) is 31.5 Å². The van der Waals surface area contributed by atoms with E-state index in [2.05, 4.69) is 31.7 Å². The van der Waals surface area contributed by atoms with E-state index in [0.717, 1.165) is 25.5 Å². The summed E-state index contributed by atoms with van der Waals surface area (Å²) in [5.74, 6) is 1.36. The Morgan fingerprint density at radius 3 is 2.74 bits per heavy atom. The molecule has 2 heterocycles. The van der Waals surface area contributed by atoms with Gasteiger partial charge in [0, 0.05) is 39.1 Å². The van der Waals surface area contributed by atoms with Crippen LogP contribution in [0, 0.1) is 5.92 Å². The van der Waals surface area contributed by atoms with Gasteiger partial charge in [-0.05, 0) is 32.4 Å². The molecule has 1 N–H and O–H groups in total. The number of piperidine rings is 1. The van der Waals surface area contributed by atoms with Crippen LogP contribution in [0.4, 0.5) is 13.2 Å². The number of halogens is 4. The Labute approximate surface area is 176 Å². The standard InChI is InChI=1S/C17H29F3N6.HI/c1-14-5-9-25(11-15(14)26-10-7-22-13-26)16(21-2)23-6-4-8-24(3)12-17(18,19)20;/h7,10,13-15H,4-6,8-9,11-12H2,1-3H3,(H,21,23);1H. The molecule has 0 bridgehead atoms. The Balaban J connectivity index is 0.00000364. The highest BCUT2D eigenvalue weighted by atomic mass is 127. The van der Waals surface area contributed by atoms with Gasteiger partial charge in [-0.3, -0.25) is 9.89 Å². The molecule has 0 saturated carbocycles. The van der Waals surface area contributed by atoms with E-state index < -0.39 is 12.7 Å². The Hall–Kier alpha value is -1.04. The summed E-state index contributed by atoms with van der Waals surface area (Å²) in [5, 5.41) is 3.28. The Kier molecular flexibility index (Phi) is 9.85. The third kappa shape index (κ3) is 7.84. The largest absolute Gasteiger partial charge is 0.401 e. The monoisotopic (exact) mass is 502 g/mol. The molecule has 27 heavy (non-hydrogen) atoms. The molecule has 2 unspecified atom stereocenters. The van der Waals surface area contributed by atoms with Gasteiger partial charge in [-0.15, -0.1) is 24.0 Å². The zero-order chi connectivity index (χ0) is 19.2. The number of aliphatic imine (C=N–C) groups is 1. The van der Waals surface area contributed by atoms with Crippen molar-refractivity contribution >= 4 is 29.9 Å². The van der Waals surface area contributed by atoms with Crippen LogP contribution in [0.15, 0.2) is 23.7 Å². The maximum absolute atomic E-state index is 12.3. The molecule has 0 amide bonds. The summed E-state index contributed by atoms with van der Waals surface area (Å²) in [6.07, 6.45) is 3.15. The average Bonchev–Trinajstić information content (AvgIpc) is 3.08. The molecule has 1 aliphatic heterocycles. The SMILES string of the molecule is CN=C(NCCCN(C)CC(F)(F)F)N1CCC(C)C(n2ccnc2)C1.I. The van der Waals surface area contributed by atoms with Gasteiger partial charge < -0.3 is 14.8 Å². The summed E-state index contributed by atoms with van der Waals surface area (Å²) in [4.78, 5) is 12.0. The van der Waals surface area contributed by atoms with Gasteiger partial charge in [-0.1, -0.05) is 6.92 Å². The number of guanidine groups is 1. The first-order chi connectivity index (χ1) is 12.3. The molecule has 0 spiro atoms. The highest BCUT2D eigenvalue weighted by molar-refractivity contribution is 14.0. The summed E-state index contributed by atoms with van der Waals surface area (Å²) >= 11 is 0. The molecular weight excluding hydrogens is 472 g/mol. The highest BCUT2D eigenvalue weighted by Gasteiger charge is 2.30. The van der Waals surface area contributed by atoms with Crippen molar-refractivity contribution in [3.05, 3.63) is 18.7 Å². The van der Waals surface area contributed by atoms with Gasteiger partial charge in [0.05, 0.1) is 18.9 Å². The zero-order valence-corrected chi connectivity index (χ0v) is 18.4. The van der Waals surface area contributed by atoms with Crippen LogP contribution in [-0.2, 0) is 0 Å². The van der Waals surface area contributed by atoms with Gasteiger partial charge in [0.15, 0.2) is 5.96 Å². The number of imidazole rings is 1. The van der Waals surface area contributed by atoms with Gasteiger partial charge in [0.2, 0.25) is 0 Å². The first-order valence-electron chi connectivity index (χ1n) is 8.98. The second-order valence-electron chi connectivity index (χ2n) is 6.97. The van der Waals surface area contributed by atoms with Crippen molar-refractivity contribution in [2.75, 3.05) is 46.8 Å². The molecule has 0 radical (unpaired) electrons. The summed E-state index contributed by atoms with van der Waals surface area (Å²) < 4.78 is 39.1. The minimum atomic E-state index is -4.15. The maximum atomic E-state index is 12.3. The molecule has 1 saturated heterocycles. The highest BCUT2D eigenvalue weighted by Crippen LogP contribution is 2.27. The summed E-state index contributed by atoms with van der Waals surface area (Å²) in [6.45, 7) is 4.10. The lowest BCUT2D eigenvalue weighted by Gasteiger charge is -2.39. The smallest absolute Gasteiger partial charge is 0.356 e. The number of hydrogen-bond acceptors (Lipinski definition) is 3. The van der Waals surface area contributed by atoms with Crippen molar-refractivity contribution in [3.63, 3.8) is 0 Å². The fraction of sp³-hybridized carbons (Fsp3) is 0.765. The molecule has 1 aliphatic rings. The fourth-order valence-electron chi connectivity index (χ4n) is 3.36. The van der Waals surface area contributed by atoms with Crippen molar-refractivity contribution in [1.29, 1.82) is 0 Å². The van der Waals surface area contributed by atoms with Gasteiger partial charge in [0.25, 0.3) is 0 Å². The number of alkyl halides is 3. The number of aromatic nitrogens is 2. The van der Waals surface area contributed by atoms with E-state index in [1.165, 1.54) is 11.9 Å². The molecule has 10 heteroatoms. The van der Waals surface area contributed by atoms with Crippen LogP contribution < -0.4 is 5.32 Å². The van der Waals surface area contributed by atoms with Crippen LogP contribution in [0.2, 0.25) is 0 Å². The molecule has 1 aromatic heterocycles. The third-order valence-corrected chi connectivity index (χ3v) is 4.79. The van der Waals surface area contributed by atoms with Crippen LogP contribution in [-0.4, -0.2) is 78.3 Å². The van der Waals surface area contributed by atoms with E-state index in [4.69, 9.17) is 0 Å². The van der Waals surface area contributed by atoms with Crippen molar-refractivity contribution in [3.8, 4) is 0 Å². The molecule has 0 aliphatic carbocycles. The number of nitrogens with zero attached hydrogens (tertiary/aromatic N) is 5. The van der Waals surface area contributed by atoms with Crippen molar-refractivity contribution in [1.82, 2.24) is 24.7 Å². The summed E-state index contributed by atoms with van der Waals surface area (Å²) in [7, 11) is 3.23. The summed E-state index contributed by atoms with van der Waals surface area (Å²) in [6, 6.07) is 0.336. The molecule has 2 atom stereocenters. The zero-order valence-electron chi connectivity index (χ0n) is 16.1. The van der Waals surface area contributed by atoms with Crippen LogP contribution in [0.25, 0.3) is 0 Å². The lowest BCUT2D eigenvalue weighted by Crippen LogP contribution is -2.49. The van der Waals surface area contributed by atoms with E-state index in [1.807, 2.05) is 12.5 Å². The molecule has 2 rings (SSSR count). The van der Waals surface area contributed by atoms with Gasteiger partial charge in [-0.2, -0.15) is 13.2 Å². The fourth-order valence-corrected chi connectivity index (χ4v) is 3.36. The van der Waals surface area contributed by atoms with Gasteiger partial charge in [0.1, 0.15) is 0 Å². The third-order valence-electron chi connectivity index (χ3n) is 4.79. The number of rotatable bonds is 6. The minimum Gasteiger partial charge on any atom is -0.356 e. The topological polar surface area (TPSA) is 48.7 Å². The number of hydrogen-bond donors (Lipinski definition) is 1.